The average Bonchev–Trinajstić information content (AvgIpc) is 3.32. The zero-order valence-corrected chi connectivity index (χ0v) is 41.1. The van der Waals surface area contributed by atoms with Crippen LogP contribution in [0, 0.1) is 0 Å². The second kappa shape index (κ2) is 46.7. The number of esters is 1. The molecule has 0 aliphatic carbocycles. The van der Waals surface area contributed by atoms with Crippen molar-refractivity contribution in [3.05, 3.63) is 122 Å². The largest absolute Gasteiger partial charge is 0.457 e. The first kappa shape index (κ1) is 60.6. The third-order valence-corrected chi connectivity index (χ3v) is 10.9. The van der Waals surface area contributed by atoms with Crippen LogP contribution in [0.3, 0.4) is 0 Å². The van der Waals surface area contributed by atoms with Gasteiger partial charge < -0.3 is 39.4 Å². The molecule has 4 N–H and O–H groups in total. The molecule has 0 aromatic heterocycles. The van der Waals surface area contributed by atoms with Crippen LogP contribution in [-0.4, -0.2) is 89.6 Å². The van der Waals surface area contributed by atoms with Crippen LogP contribution in [0.4, 0.5) is 0 Å². The number of rotatable bonds is 42. The van der Waals surface area contributed by atoms with Crippen molar-refractivity contribution in [2.75, 3.05) is 26.4 Å². The number of unbranched alkanes of at least 4 members (excludes halogenated alkanes) is 11. The lowest BCUT2D eigenvalue weighted by atomic mass is 9.99. The minimum absolute atomic E-state index is 0.114. The van der Waals surface area contributed by atoms with Crippen LogP contribution in [0.15, 0.2) is 122 Å². The van der Waals surface area contributed by atoms with Crippen LogP contribution < -0.4 is 0 Å². The number of hydrogen-bond donors (Lipinski definition) is 4. The van der Waals surface area contributed by atoms with E-state index in [1.165, 1.54) is 19.3 Å². The second-order valence-corrected chi connectivity index (χ2v) is 16.8. The van der Waals surface area contributed by atoms with Gasteiger partial charge in [0.2, 0.25) is 0 Å². The van der Waals surface area contributed by atoms with Crippen molar-refractivity contribution in [1.29, 1.82) is 0 Å². The van der Waals surface area contributed by atoms with Gasteiger partial charge in [0, 0.05) is 13.0 Å². The molecule has 0 bridgehead atoms. The Labute approximate surface area is 401 Å². The monoisotopic (exact) mass is 921 g/mol. The van der Waals surface area contributed by atoms with Gasteiger partial charge in [0.05, 0.1) is 19.8 Å². The van der Waals surface area contributed by atoms with Crippen LogP contribution in [0.1, 0.15) is 168 Å². The quantitative estimate of drug-likeness (QED) is 0.0268. The predicted molar refractivity (Wildman–Crippen MR) is 274 cm³/mol. The number of ether oxygens (including phenoxy) is 4. The summed E-state index contributed by atoms with van der Waals surface area (Å²) in [5.41, 5.74) is 0. The van der Waals surface area contributed by atoms with E-state index in [9.17, 15) is 25.2 Å². The lowest BCUT2D eigenvalue weighted by molar-refractivity contribution is -0.305. The standard InChI is InChI=1S/C57H92O9/c1-3-5-7-9-11-13-15-17-19-21-23-25-26-27-28-30-32-34-36-38-40-42-44-46-53(59)65-51(50-64-57-56(62)55(61)54(60)52(48-58)66-57)49-63-47-45-43-41-39-37-35-33-31-29-24-22-20-18-16-14-12-10-8-6-4-2/h5-8,11-14,17-20,23-25,27-29,33,35,51-52,54-58,60-62H,3-4,9-10,15-16,21-22,26,30-32,34,36-50H2,1-2H3/b7-5-,8-6-,13-11-,14-12-,19-17-,20-18-,25-23-,28-27-,29-24-,35-33-. The minimum atomic E-state index is -1.55. The second-order valence-electron chi connectivity index (χ2n) is 16.8. The summed E-state index contributed by atoms with van der Waals surface area (Å²) >= 11 is 0. The van der Waals surface area contributed by atoms with Gasteiger partial charge in [-0.15, -0.1) is 0 Å². The topological polar surface area (TPSA) is 135 Å². The van der Waals surface area contributed by atoms with Crippen molar-refractivity contribution >= 4 is 5.97 Å². The Bertz CT molecular complexity index is 1420. The van der Waals surface area contributed by atoms with Crippen LogP contribution in [0.25, 0.3) is 0 Å². The van der Waals surface area contributed by atoms with Crippen LogP contribution in [0.5, 0.6) is 0 Å². The molecule has 1 rings (SSSR count). The molecule has 1 fully saturated rings. The number of carbonyl (C=O) groups is 1. The highest BCUT2D eigenvalue weighted by atomic mass is 16.7. The zero-order chi connectivity index (χ0) is 47.8. The summed E-state index contributed by atoms with van der Waals surface area (Å²) < 4.78 is 22.9. The highest BCUT2D eigenvalue weighted by Crippen LogP contribution is 2.22. The minimum Gasteiger partial charge on any atom is -0.457 e. The number of hydrogen-bond acceptors (Lipinski definition) is 9. The summed E-state index contributed by atoms with van der Waals surface area (Å²) in [5.74, 6) is -0.340. The van der Waals surface area contributed by atoms with Gasteiger partial charge in [0.25, 0.3) is 0 Å². The van der Waals surface area contributed by atoms with E-state index in [1.807, 2.05) is 0 Å². The Kier molecular flexibility index (Phi) is 42.9. The Balaban J connectivity index is 2.26. The molecular formula is C57H92O9. The van der Waals surface area contributed by atoms with Crippen molar-refractivity contribution in [3.8, 4) is 0 Å². The van der Waals surface area contributed by atoms with E-state index < -0.39 is 43.4 Å². The molecule has 66 heavy (non-hydrogen) atoms. The van der Waals surface area contributed by atoms with Gasteiger partial charge in [-0.25, -0.2) is 0 Å². The third-order valence-electron chi connectivity index (χ3n) is 10.9. The summed E-state index contributed by atoms with van der Waals surface area (Å²) in [7, 11) is 0. The zero-order valence-electron chi connectivity index (χ0n) is 41.1. The molecule has 374 valence electrons. The van der Waals surface area contributed by atoms with E-state index in [2.05, 4.69) is 135 Å². The number of aliphatic hydroxyl groups is 4. The van der Waals surface area contributed by atoms with Crippen LogP contribution >= 0.6 is 0 Å². The Morgan fingerprint density at radius 1 is 0.485 bits per heavy atom. The number of aliphatic hydroxyl groups excluding tert-OH is 4. The number of allylic oxidation sites excluding steroid dienone is 20. The van der Waals surface area contributed by atoms with E-state index in [4.69, 9.17) is 18.9 Å². The van der Waals surface area contributed by atoms with Crippen molar-refractivity contribution in [2.45, 2.75) is 205 Å². The van der Waals surface area contributed by atoms with Crippen LogP contribution in [0.2, 0.25) is 0 Å². The summed E-state index contributed by atoms with van der Waals surface area (Å²) in [6, 6.07) is 0. The number of carbonyl (C=O) groups excluding carboxylic acids is 1. The Hall–Kier alpha value is -3.41. The molecule has 0 saturated carbocycles. The highest BCUT2D eigenvalue weighted by Gasteiger charge is 2.44. The fourth-order valence-electron chi connectivity index (χ4n) is 6.96. The van der Waals surface area contributed by atoms with E-state index in [0.717, 1.165) is 128 Å². The maximum Gasteiger partial charge on any atom is 0.306 e. The first-order valence-corrected chi connectivity index (χ1v) is 25.6. The molecule has 6 unspecified atom stereocenters. The summed E-state index contributed by atoms with van der Waals surface area (Å²) in [6.07, 6.45) is 60.8. The van der Waals surface area contributed by atoms with Gasteiger partial charge in [-0.3, -0.25) is 4.79 Å². The lowest BCUT2D eigenvalue weighted by Crippen LogP contribution is -2.59. The third kappa shape index (κ3) is 36.7. The fraction of sp³-hybridized carbons (Fsp3) is 0.632. The SMILES string of the molecule is CC/C=C\C/C=C\C/C=C\C/C=C\C/C=C\CCCCCCCCCC(=O)OC(COCCCCCC/C=C\C/C=C\C/C=C\C/C=C\C/C=C\CC)COC1OC(CO)C(O)C(O)C1O. The molecule has 1 aliphatic heterocycles. The molecular weight excluding hydrogens is 829 g/mol. The molecule has 0 amide bonds. The first-order valence-electron chi connectivity index (χ1n) is 25.6. The van der Waals surface area contributed by atoms with Gasteiger partial charge in [-0.05, 0) is 103 Å². The summed E-state index contributed by atoms with van der Waals surface area (Å²) in [5, 5.41) is 40.3. The predicted octanol–water partition coefficient (Wildman–Crippen LogP) is 12.7. The van der Waals surface area contributed by atoms with Crippen molar-refractivity contribution in [3.63, 3.8) is 0 Å². The summed E-state index contributed by atoms with van der Waals surface area (Å²) in [6.45, 7) is 4.23. The smallest absolute Gasteiger partial charge is 0.306 e. The van der Waals surface area contributed by atoms with Gasteiger partial charge in [-0.1, -0.05) is 180 Å². The molecule has 0 aromatic rings. The van der Waals surface area contributed by atoms with Gasteiger partial charge in [0.1, 0.15) is 30.5 Å². The van der Waals surface area contributed by atoms with Crippen molar-refractivity contribution < 1.29 is 44.2 Å². The van der Waals surface area contributed by atoms with Gasteiger partial charge >= 0.3 is 5.97 Å². The summed E-state index contributed by atoms with van der Waals surface area (Å²) in [4.78, 5) is 12.8. The van der Waals surface area contributed by atoms with E-state index in [0.29, 0.717) is 13.0 Å². The molecule has 1 saturated heterocycles. The molecule has 1 aliphatic rings. The maximum atomic E-state index is 12.8. The fourth-order valence-corrected chi connectivity index (χ4v) is 6.96. The molecule has 9 nitrogen and oxygen atoms in total. The van der Waals surface area contributed by atoms with E-state index in [-0.39, 0.29) is 19.2 Å². The normalized spacial score (nSPS) is 20.4. The van der Waals surface area contributed by atoms with Gasteiger partial charge in [-0.2, -0.15) is 0 Å². The first-order chi connectivity index (χ1) is 32.4. The van der Waals surface area contributed by atoms with E-state index >= 15 is 0 Å². The molecule has 0 radical (unpaired) electrons. The Morgan fingerprint density at radius 2 is 0.879 bits per heavy atom. The average molecular weight is 921 g/mol. The maximum absolute atomic E-state index is 12.8. The van der Waals surface area contributed by atoms with Gasteiger partial charge in [0.15, 0.2) is 6.29 Å². The molecule has 6 atom stereocenters. The van der Waals surface area contributed by atoms with Crippen molar-refractivity contribution in [2.24, 2.45) is 0 Å². The molecule has 0 spiro atoms. The lowest BCUT2D eigenvalue weighted by Gasteiger charge is -2.39. The molecule has 1 heterocycles. The molecule has 9 heteroatoms. The van der Waals surface area contributed by atoms with E-state index in [1.54, 1.807) is 0 Å². The highest BCUT2D eigenvalue weighted by molar-refractivity contribution is 5.69. The Morgan fingerprint density at radius 3 is 1.32 bits per heavy atom. The van der Waals surface area contributed by atoms with Crippen molar-refractivity contribution in [1.82, 2.24) is 0 Å². The van der Waals surface area contributed by atoms with Crippen LogP contribution in [-0.2, 0) is 23.7 Å². The molecule has 0 aromatic carbocycles.